The van der Waals surface area contributed by atoms with Crippen LogP contribution in [0.3, 0.4) is 0 Å². The van der Waals surface area contributed by atoms with Crippen molar-refractivity contribution in [1.29, 1.82) is 0 Å². The maximum absolute atomic E-state index is 10.0. The SMILES string of the molecule is Oc1ccccc1C1=CCC(c2ccc3c(c2)C=CC3CC(O)O)=C1. The molecule has 1 atom stereocenters. The fourth-order valence-corrected chi connectivity index (χ4v) is 3.64. The van der Waals surface area contributed by atoms with Gasteiger partial charge in [0, 0.05) is 17.9 Å². The molecule has 2 aliphatic carbocycles. The van der Waals surface area contributed by atoms with E-state index in [0.717, 1.165) is 34.2 Å². The van der Waals surface area contributed by atoms with Crippen LogP contribution in [0.1, 0.15) is 41.0 Å². The highest BCUT2D eigenvalue weighted by molar-refractivity contribution is 5.91. The van der Waals surface area contributed by atoms with Gasteiger partial charge in [0.2, 0.25) is 0 Å². The number of phenolic OH excluding ortho intramolecular Hbond substituents is 1. The lowest BCUT2D eigenvalue weighted by Crippen LogP contribution is -2.09. The molecule has 2 aromatic rings. The van der Waals surface area contributed by atoms with E-state index in [4.69, 9.17) is 0 Å². The number of aromatic hydroxyl groups is 1. The van der Waals surface area contributed by atoms with Crippen molar-refractivity contribution < 1.29 is 15.3 Å². The Balaban J connectivity index is 1.60. The zero-order chi connectivity index (χ0) is 17.4. The Morgan fingerprint density at radius 2 is 1.92 bits per heavy atom. The van der Waals surface area contributed by atoms with Gasteiger partial charge in [-0.3, -0.25) is 0 Å². The van der Waals surface area contributed by atoms with Gasteiger partial charge in [0.25, 0.3) is 0 Å². The normalized spacial score (nSPS) is 18.4. The minimum Gasteiger partial charge on any atom is -0.507 e. The maximum Gasteiger partial charge on any atom is 0.152 e. The summed E-state index contributed by atoms with van der Waals surface area (Å²) in [6, 6.07) is 13.7. The topological polar surface area (TPSA) is 60.7 Å². The van der Waals surface area contributed by atoms with Gasteiger partial charge in [-0.15, -0.1) is 0 Å². The standard InChI is InChI=1S/C22H20O3/c23-21-4-2-1-3-20(21)17-6-5-14(12-17)15-9-10-19-16(11-15)7-8-18(19)13-22(24)25/h1-4,6-12,18,22-25H,5,13H2. The minimum absolute atomic E-state index is 0.0663. The number of para-hydroxylation sites is 1. The molecule has 0 saturated carbocycles. The predicted octanol–water partition coefficient (Wildman–Crippen LogP) is 4.07. The molecule has 0 spiro atoms. The van der Waals surface area contributed by atoms with E-state index in [1.165, 1.54) is 5.57 Å². The number of allylic oxidation sites excluding steroid dienone is 5. The van der Waals surface area contributed by atoms with Crippen molar-refractivity contribution in [3.8, 4) is 5.75 Å². The summed E-state index contributed by atoms with van der Waals surface area (Å²) in [5.74, 6) is 0.366. The van der Waals surface area contributed by atoms with Crippen molar-refractivity contribution in [2.75, 3.05) is 0 Å². The highest BCUT2D eigenvalue weighted by Gasteiger charge is 2.21. The molecule has 3 nitrogen and oxygen atoms in total. The van der Waals surface area contributed by atoms with Crippen LogP contribution in [0, 0.1) is 0 Å². The highest BCUT2D eigenvalue weighted by Crippen LogP contribution is 2.39. The van der Waals surface area contributed by atoms with Crippen molar-refractivity contribution >= 4 is 17.2 Å². The first-order valence-electron chi connectivity index (χ1n) is 8.49. The smallest absolute Gasteiger partial charge is 0.152 e. The van der Waals surface area contributed by atoms with Crippen LogP contribution in [-0.4, -0.2) is 21.6 Å². The Bertz CT molecular complexity index is 903. The van der Waals surface area contributed by atoms with Crippen molar-refractivity contribution in [1.82, 2.24) is 0 Å². The lowest BCUT2D eigenvalue weighted by atomic mass is 9.94. The second-order valence-corrected chi connectivity index (χ2v) is 6.58. The second kappa shape index (κ2) is 6.36. The van der Waals surface area contributed by atoms with Crippen molar-refractivity contribution in [3.63, 3.8) is 0 Å². The Labute approximate surface area is 146 Å². The zero-order valence-corrected chi connectivity index (χ0v) is 13.8. The maximum atomic E-state index is 10.0. The van der Waals surface area contributed by atoms with Gasteiger partial charge in [-0.1, -0.05) is 54.6 Å². The van der Waals surface area contributed by atoms with E-state index in [1.54, 1.807) is 6.07 Å². The number of benzene rings is 2. The van der Waals surface area contributed by atoms with Gasteiger partial charge >= 0.3 is 0 Å². The van der Waals surface area contributed by atoms with Gasteiger partial charge in [-0.05, 0) is 46.4 Å². The van der Waals surface area contributed by atoms with E-state index < -0.39 is 6.29 Å². The third kappa shape index (κ3) is 3.04. The Hall–Kier alpha value is -2.62. The van der Waals surface area contributed by atoms with Crippen molar-refractivity contribution in [2.45, 2.75) is 25.0 Å². The third-order valence-electron chi connectivity index (χ3n) is 4.92. The Kier molecular flexibility index (Phi) is 4.04. The van der Waals surface area contributed by atoms with Crippen LogP contribution in [-0.2, 0) is 0 Å². The van der Waals surface area contributed by atoms with Crippen LogP contribution in [0.5, 0.6) is 5.75 Å². The van der Waals surface area contributed by atoms with Gasteiger partial charge in [-0.25, -0.2) is 0 Å². The fraction of sp³-hybridized carbons (Fsp3) is 0.182. The average molecular weight is 332 g/mol. The first kappa shape index (κ1) is 15.9. The molecule has 2 aromatic carbocycles. The van der Waals surface area contributed by atoms with Crippen LogP contribution in [0.25, 0.3) is 17.2 Å². The first-order chi connectivity index (χ1) is 12.1. The summed E-state index contributed by atoms with van der Waals surface area (Å²) in [6.45, 7) is 0. The van der Waals surface area contributed by atoms with E-state index in [9.17, 15) is 15.3 Å². The van der Waals surface area contributed by atoms with Crippen LogP contribution in [0.2, 0.25) is 0 Å². The van der Waals surface area contributed by atoms with E-state index in [2.05, 4.69) is 36.4 Å². The molecular weight excluding hydrogens is 312 g/mol. The summed E-state index contributed by atoms with van der Waals surface area (Å²) in [5, 5.41) is 28.5. The molecular formula is C22H20O3. The molecule has 25 heavy (non-hydrogen) atoms. The summed E-state index contributed by atoms with van der Waals surface area (Å²) in [6.07, 6.45) is 8.22. The fourth-order valence-electron chi connectivity index (χ4n) is 3.64. The third-order valence-corrected chi connectivity index (χ3v) is 4.92. The number of aliphatic hydroxyl groups excluding tert-OH is 1. The van der Waals surface area contributed by atoms with Crippen molar-refractivity contribution in [3.05, 3.63) is 82.9 Å². The Morgan fingerprint density at radius 1 is 1.08 bits per heavy atom. The first-order valence-corrected chi connectivity index (χ1v) is 8.49. The van der Waals surface area contributed by atoms with E-state index >= 15 is 0 Å². The molecule has 126 valence electrons. The quantitative estimate of drug-likeness (QED) is 0.740. The van der Waals surface area contributed by atoms with Crippen molar-refractivity contribution in [2.24, 2.45) is 0 Å². The van der Waals surface area contributed by atoms with E-state index in [1.807, 2.05) is 24.3 Å². The molecule has 0 fully saturated rings. The largest absolute Gasteiger partial charge is 0.507 e. The summed E-state index contributed by atoms with van der Waals surface area (Å²) < 4.78 is 0. The summed E-state index contributed by atoms with van der Waals surface area (Å²) in [5.41, 5.74) is 6.57. The lowest BCUT2D eigenvalue weighted by molar-refractivity contribution is -0.0471. The molecule has 0 amide bonds. The molecule has 3 N–H and O–H groups in total. The van der Waals surface area contributed by atoms with Gasteiger partial charge in [0.15, 0.2) is 6.29 Å². The molecule has 0 bridgehead atoms. The molecule has 4 rings (SSSR count). The number of phenols is 1. The molecule has 0 aliphatic heterocycles. The number of hydrogen-bond acceptors (Lipinski definition) is 3. The lowest BCUT2D eigenvalue weighted by Gasteiger charge is -2.13. The molecule has 3 heteroatoms. The number of rotatable bonds is 4. The minimum atomic E-state index is -1.29. The summed E-state index contributed by atoms with van der Waals surface area (Å²) >= 11 is 0. The molecule has 2 aliphatic rings. The molecule has 0 heterocycles. The highest BCUT2D eigenvalue weighted by atomic mass is 16.5. The molecule has 0 saturated heterocycles. The Morgan fingerprint density at radius 3 is 2.72 bits per heavy atom. The van der Waals surface area contributed by atoms with Crippen LogP contribution >= 0.6 is 0 Å². The van der Waals surface area contributed by atoms with Gasteiger partial charge in [0.05, 0.1) is 0 Å². The monoisotopic (exact) mass is 332 g/mol. The summed E-state index contributed by atoms with van der Waals surface area (Å²) in [7, 11) is 0. The molecule has 1 unspecified atom stereocenters. The second-order valence-electron chi connectivity index (χ2n) is 6.58. The molecule has 0 aromatic heterocycles. The van der Waals surface area contributed by atoms with Crippen LogP contribution in [0.15, 0.2) is 60.7 Å². The summed E-state index contributed by atoms with van der Waals surface area (Å²) in [4.78, 5) is 0. The molecule has 0 radical (unpaired) electrons. The van der Waals surface area contributed by atoms with Crippen LogP contribution in [0.4, 0.5) is 0 Å². The number of hydrogen-bond donors (Lipinski definition) is 3. The number of aliphatic hydroxyl groups is 2. The van der Waals surface area contributed by atoms with Gasteiger partial charge < -0.3 is 15.3 Å². The predicted molar refractivity (Wildman–Crippen MR) is 99.7 cm³/mol. The van der Waals surface area contributed by atoms with E-state index in [0.29, 0.717) is 12.2 Å². The van der Waals surface area contributed by atoms with Gasteiger partial charge in [0.1, 0.15) is 5.75 Å². The average Bonchev–Trinajstić information content (AvgIpc) is 3.22. The number of fused-ring (bicyclic) bond motifs is 1. The zero-order valence-electron chi connectivity index (χ0n) is 13.8. The van der Waals surface area contributed by atoms with E-state index in [-0.39, 0.29) is 5.92 Å². The van der Waals surface area contributed by atoms with Gasteiger partial charge in [-0.2, -0.15) is 0 Å². The van der Waals surface area contributed by atoms with Crippen LogP contribution < -0.4 is 0 Å².